The summed E-state index contributed by atoms with van der Waals surface area (Å²) in [6, 6.07) is -0.757. The molecule has 0 aromatic heterocycles. The van der Waals surface area contributed by atoms with Crippen molar-refractivity contribution in [2.75, 3.05) is 31.1 Å². The van der Waals surface area contributed by atoms with E-state index in [1.165, 1.54) is 0 Å². The molecule has 2 heterocycles. The molecule has 0 spiro atoms. The summed E-state index contributed by atoms with van der Waals surface area (Å²) in [4.78, 5) is 27.3. The standard InChI is InChI=1S/C14H24N2O3S/c1-14(2)4-3-6-15(7-5-14)13(19)16-8-9-20-10-11(16)12(17)18/h11H,3-10H2,1-2H3,(H,17,18). The van der Waals surface area contributed by atoms with Crippen molar-refractivity contribution in [3.8, 4) is 0 Å². The number of rotatable bonds is 1. The number of carboxylic acids is 1. The molecule has 2 saturated heterocycles. The van der Waals surface area contributed by atoms with Crippen LogP contribution in [0.5, 0.6) is 0 Å². The summed E-state index contributed by atoms with van der Waals surface area (Å²) in [6.45, 7) is 6.50. The van der Waals surface area contributed by atoms with Crippen LogP contribution in [0.15, 0.2) is 0 Å². The van der Waals surface area contributed by atoms with Gasteiger partial charge in [-0.3, -0.25) is 0 Å². The monoisotopic (exact) mass is 300 g/mol. The zero-order chi connectivity index (χ0) is 14.8. The summed E-state index contributed by atoms with van der Waals surface area (Å²) in [5.74, 6) is 0.440. The highest BCUT2D eigenvalue weighted by Crippen LogP contribution is 2.30. The van der Waals surface area contributed by atoms with Gasteiger partial charge in [-0.25, -0.2) is 9.59 Å². The Hall–Kier alpha value is -0.910. The Morgan fingerprint density at radius 2 is 1.95 bits per heavy atom. The van der Waals surface area contributed by atoms with Crippen molar-refractivity contribution in [3.05, 3.63) is 0 Å². The van der Waals surface area contributed by atoms with Crippen molar-refractivity contribution in [2.24, 2.45) is 5.41 Å². The second-order valence-electron chi connectivity index (χ2n) is 6.41. The van der Waals surface area contributed by atoms with E-state index in [1.54, 1.807) is 16.7 Å². The molecule has 0 aromatic carbocycles. The summed E-state index contributed by atoms with van der Waals surface area (Å²) in [6.07, 6.45) is 3.10. The molecule has 0 radical (unpaired) electrons. The van der Waals surface area contributed by atoms with Gasteiger partial charge in [0.25, 0.3) is 0 Å². The van der Waals surface area contributed by atoms with Gasteiger partial charge in [0.15, 0.2) is 0 Å². The van der Waals surface area contributed by atoms with Crippen molar-refractivity contribution in [1.29, 1.82) is 0 Å². The number of carbonyl (C=O) groups excluding carboxylic acids is 1. The fourth-order valence-corrected chi connectivity index (χ4v) is 3.87. The van der Waals surface area contributed by atoms with Crippen LogP contribution in [0.4, 0.5) is 4.79 Å². The summed E-state index contributed by atoms with van der Waals surface area (Å²) >= 11 is 1.61. The molecule has 2 amide bonds. The second kappa shape index (κ2) is 6.24. The van der Waals surface area contributed by atoms with E-state index in [-0.39, 0.29) is 11.4 Å². The van der Waals surface area contributed by atoms with Crippen LogP contribution >= 0.6 is 11.8 Å². The average Bonchev–Trinajstić information content (AvgIpc) is 2.59. The number of aliphatic carboxylic acids is 1. The molecule has 2 aliphatic heterocycles. The number of carboxylic acid groups (broad SMARTS) is 1. The Morgan fingerprint density at radius 1 is 1.20 bits per heavy atom. The number of urea groups is 1. The lowest BCUT2D eigenvalue weighted by atomic mass is 9.85. The van der Waals surface area contributed by atoms with Crippen LogP contribution in [-0.4, -0.2) is 64.1 Å². The molecule has 0 aliphatic carbocycles. The van der Waals surface area contributed by atoms with Crippen LogP contribution in [0.1, 0.15) is 33.1 Å². The normalized spacial score (nSPS) is 27.0. The molecule has 2 fully saturated rings. The lowest BCUT2D eigenvalue weighted by molar-refractivity contribution is -0.141. The summed E-state index contributed by atoms with van der Waals surface area (Å²) < 4.78 is 0. The maximum atomic E-state index is 12.6. The minimum absolute atomic E-state index is 0.0876. The Morgan fingerprint density at radius 3 is 2.65 bits per heavy atom. The average molecular weight is 300 g/mol. The lowest BCUT2D eigenvalue weighted by Crippen LogP contribution is -2.55. The minimum Gasteiger partial charge on any atom is -0.480 e. The van der Waals surface area contributed by atoms with E-state index in [1.807, 2.05) is 4.90 Å². The van der Waals surface area contributed by atoms with Crippen molar-refractivity contribution in [3.63, 3.8) is 0 Å². The molecule has 1 unspecified atom stereocenters. The Bertz CT molecular complexity index is 387. The maximum Gasteiger partial charge on any atom is 0.327 e. The predicted octanol–water partition coefficient (Wildman–Crippen LogP) is 2.12. The smallest absolute Gasteiger partial charge is 0.327 e. The number of thioether (sulfide) groups is 1. The van der Waals surface area contributed by atoms with E-state index in [0.717, 1.165) is 38.1 Å². The van der Waals surface area contributed by atoms with Gasteiger partial charge in [0.1, 0.15) is 6.04 Å². The van der Waals surface area contributed by atoms with Crippen molar-refractivity contribution < 1.29 is 14.7 Å². The van der Waals surface area contributed by atoms with E-state index in [4.69, 9.17) is 0 Å². The molecule has 1 N–H and O–H groups in total. The number of hydrogen-bond acceptors (Lipinski definition) is 3. The van der Waals surface area contributed by atoms with Gasteiger partial charge in [-0.2, -0.15) is 11.8 Å². The zero-order valence-electron chi connectivity index (χ0n) is 12.3. The Labute approximate surface area is 124 Å². The van der Waals surface area contributed by atoms with Crippen LogP contribution in [-0.2, 0) is 4.79 Å². The SMILES string of the molecule is CC1(C)CCCN(C(=O)N2CCSCC2C(=O)O)CC1. The number of carbonyl (C=O) groups is 2. The molecule has 5 nitrogen and oxygen atoms in total. The Balaban J connectivity index is 2.03. The second-order valence-corrected chi connectivity index (χ2v) is 7.56. The molecule has 6 heteroatoms. The van der Waals surface area contributed by atoms with Crippen LogP contribution in [0, 0.1) is 5.41 Å². The van der Waals surface area contributed by atoms with Crippen LogP contribution in [0.3, 0.4) is 0 Å². The van der Waals surface area contributed by atoms with E-state index in [0.29, 0.717) is 12.3 Å². The van der Waals surface area contributed by atoms with Crippen LogP contribution < -0.4 is 0 Å². The van der Waals surface area contributed by atoms with E-state index in [9.17, 15) is 14.7 Å². The predicted molar refractivity (Wildman–Crippen MR) is 80.1 cm³/mol. The van der Waals surface area contributed by atoms with Gasteiger partial charge < -0.3 is 14.9 Å². The van der Waals surface area contributed by atoms with Gasteiger partial charge in [0, 0.05) is 31.1 Å². The van der Waals surface area contributed by atoms with Crippen LogP contribution in [0.25, 0.3) is 0 Å². The molecule has 20 heavy (non-hydrogen) atoms. The number of amides is 2. The minimum atomic E-state index is -0.888. The van der Waals surface area contributed by atoms with E-state index in [2.05, 4.69) is 13.8 Å². The fourth-order valence-electron chi connectivity index (χ4n) is 2.83. The number of hydrogen-bond donors (Lipinski definition) is 1. The van der Waals surface area contributed by atoms with E-state index >= 15 is 0 Å². The molecule has 2 rings (SSSR count). The van der Waals surface area contributed by atoms with Crippen molar-refractivity contribution >= 4 is 23.8 Å². The molecule has 114 valence electrons. The molecule has 0 bridgehead atoms. The number of nitrogens with zero attached hydrogens (tertiary/aromatic N) is 2. The third-order valence-electron chi connectivity index (χ3n) is 4.27. The summed E-state index contributed by atoms with van der Waals surface area (Å²) in [5, 5.41) is 9.27. The fraction of sp³-hybridized carbons (Fsp3) is 0.857. The first-order valence-electron chi connectivity index (χ1n) is 7.27. The van der Waals surface area contributed by atoms with Gasteiger partial charge in [0.05, 0.1) is 0 Å². The highest BCUT2D eigenvalue weighted by atomic mass is 32.2. The van der Waals surface area contributed by atoms with Crippen LogP contribution in [0.2, 0.25) is 0 Å². The van der Waals surface area contributed by atoms with E-state index < -0.39 is 12.0 Å². The van der Waals surface area contributed by atoms with Gasteiger partial charge in [-0.05, 0) is 24.7 Å². The molecule has 0 saturated carbocycles. The van der Waals surface area contributed by atoms with Gasteiger partial charge in [0.2, 0.25) is 0 Å². The third-order valence-corrected chi connectivity index (χ3v) is 5.29. The van der Waals surface area contributed by atoms with Gasteiger partial charge >= 0.3 is 12.0 Å². The van der Waals surface area contributed by atoms with Gasteiger partial charge in [-0.15, -0.1) is 0 Å². The zero-order valence-corrected chi connectivity index (χ0v) is 13.1. The summed E-state index contributed by atoms with van der Waals surface area (Å²) in [7, 11) is 0. The van der Waals surface area contributed by atoms with Crippen molar-refractivity contribution in [2.45, 2.75) is 39.2 Å². The highest BCUT2D eigenvalue weighted by Gasteiger charge is 2.35. The largest absolute Gasteiger partial charge is 0.480 e. The first-order chi connectivity index (χ1) is 9.41. The highest BCUT2D eigenvalue weighted by molar-refractivity contribution is 7.99. The number of likely N-dealkylation sites (tertiary alicyclic amines) is 1. The third kappa shape index (κ3) is 3.59. The quantitative estimate of drug-likeness (QED) is 0.806. The molecule has 2 aliphatic rings. The molecular formula is C14H24N2O3S. The first-order valence-corrected chi connectivity index (χ1v) is 8.42. The Kier molecular flexibility index (Phi) is 4.83. The molecular weight excluding hydrogens is 276 g/mol. The molecule has 0 aromatic rings. The maximum absolute atomic E-state index is 12.6. The topological polar surface area (TPSA) is 60.9 Å². The summed E-state index contributed by atoms with van der Waals surface area (Å²) in [5.41, 5.74) is 0.277. The molecule has 1 atom stereocenters. The first kappa shape index (κ1) is 15.5. The van der Waals surface area contributed by atoms with Gasteiger partial charge in [-0.1, -0.05) is 13.8 Å². The van der Waals surface area contributed by atoms with Crippen molar-refractivity contribution in [1.82, 2.24) is 9.80 Å². The lowest BCUT2D eigenvalue weighted by Gasteiger charge is -2.36.